The van der Waals surface area contributed by atoms with Crippen molar-refractivity contribution < 1.29 is 14.2 Å². The lowest BCUT2D eigenvalue weighted by molar-refractivity contribution is -0.148. The maximum Gasteiger partial charge on any atom is 0.358 e. The fraction of sp³-hybridized carbons (Fsp3) is 0.125. The van der Waals surface area contributed by atoms with Gasteiger partial charge in [0.15, 0.2) is 0 Å². The van der Waals surface area contributed by atoms with Crippen LogP contribution in [0.3, 0.4) is 0 Å². The molecule has 0 fully saturated rings. The number of halogens is 2. The molecular weight excluding hydrogens is 215 g/mol. The lowest BCUT2D eigenvalue weighted by Gasteiger charge is -2.17. The molecule has 0 aliphatic carbocycles. The van der Waals surface area contributed by atoms with E-state index in [0.29, 0.717) is 0 Å². The van der Waals surface area contributed by atoms with Gasteiger partial charge in [-0.05, 0) is 0 Å². The van der Waals surface area contributed by atoms with Crippen molar-refractivity contribution in [2.24, 2.45) is 0 Å². The van der Waals surface area contributed by atoms with E-state index in [1.807, 2.05) is 0 Å². The first-order chi connectivity index (χ1) is 6.11. The first-order valence-corrected chi connectivity index (χ1v) is 4.07. The molecule has 0 radical (unpaired) electrons. The first-order valence-electron chi connectivity index (χ1n) is 3.39. The van der Waals surface area contributed by atoms with E-state index in [2.05, 4.69) is 4.29 Å². The molecule has 0 heterocycles. The Balaban J connectivity index is 3.11. The average molecular weight is 221 g/mol. The molecule has 3 nitrogen and oxygen atoms in total. The second-order valence-electron chi connectivity index (χ2n) is 2.34. The maximum atomic E-state index is 10.7. The summed E-state index contributed by atoms with van der Waals surface area (Å²) in [6, 6.07) is 8.06. The minimum atomic E-state index is -2.01. The van der Waals surface area contributed by atoms with E-state index in [9.17, 15) is 4.79 Å². The fourth-order valence-corrected chi connectivity index (χ4v) is 1.13. The van der Waals surface area contributed by atoms with Crippen molar-refractivity contribution in [2.75, 3.05) is 0 Å². The van der Waals surface area contributed by atoms with Crippen LogP contribution in [0.15, 0.2) is 30.3 Å². The molecule has 0 aliphatic heterocycles. The molecular formula is C8H6Cl2O3. The highest BCUT2D eigenvalue weighted by molar-refractivity contribution is 6.34. The van der Waals surface area contributed by atoms with Gasteiger partial charge < -0.3 is 5.11 Å². The summed E-state index contributed by atoms with van der Waals surface area (Å²) in [7, 11) is 0. The van der Waals surface area contributed by atoms with Crippen molar-refractivity contribution in [2.45, 2.75) is 5.06 Å². The Bertz CT molecular complexity index is 302. The molecule has 0 aliphatic rings. The number of carboxylic acids is 1. The Hall–Kier alpha value is -0.770. The zero-order valence-corrected chi connectivity index (χ0v) is 7.92. The van der Waals surface area contributed by atoms with E-state index in [0.717, 1.165) is 0 Å². The monoisotopic (exact) mass is 220 g/mol. The van der Waals surface area contributed by atoms with Gasteiger partial charge in [0.05, 0.1) is 11.9 Å². The Morgan fingerprint density at radius 2 is 1.92 bits per heavy atom. The number of carboxylic acid groups (broad SMARTS) is 1. The third-order valence-corrected chi connectivity index (χ3v) is 2.29. The predicted molar refractivity (Wildman–Crippen MR) is 48.5 cm³/mol. The van der Waals surface area contributed by atoms with Gasteiger partial charge in [-0.25, -0.2) is 9.08 Å². The molecule has 70 valence electrons. The van der Waals surface area contributed by atoms with Crippen molar-refractivity contribution in [3.05, 3.63) is 35.9 Å². The second kappa shape index (κ2) is 3.96. The Morgan fingerprint density at radius 3 is 2.31 bits per heavy atom. The Kier molecular flexibility index (Phi) is 3.14. The highest BCUT2D eigenvalue weighted by atomic mass is 35.5. The summed E-state index contributed by atoms with van der Waals surface area (Å²) >= 11 is 10.7. The van der Waals surface area contributed by atoms with E-state index >= 15 is 0 Å². The zero-order chi connectivity index (χ0) is 9.90. The number of hydrogen-bond donors (Lipinski definition) is 1. The van der Waals surface area contributed by atoms with Gasteiger partial charge in [-0.3, -0.25) is 0 Å². The smallest absolute Gasteiger partial charge is 0.358 e. The standard InChI is InChI=1S/C8H6Cl2O3/c9-8(13-10,7(11)12)6-4-2-1-3-5-6/h1-5H,(H,11,12). The zero-order valence-electron chi connectivity index (χ0n) is 6.41. The van der Waals surface area contributed by atoms with E-state index < -0.39 is 11.0 Å². The molecule has 0 aromatic heterocycles. The number of benzene rings is 1. The Labute approximate surface area is 85.0 Å². The molecule has 1 atom stereocenters. The highest BCUT2D eigenvalue weighted by Crippen LogP contribution is 2.31. The lowest BCUT2D eigenvalue weighted by Crippen LogP contribution is -2.29. The first kappa shape index (κ1) is 10.3. The topological polar surface area (TPSA) is 46.5 Å². The van der Waals surface area contributed by atoms with Crippen LogP contribution < -0.4 is 0 Å². The fourth-order valence-electron chi connectivity index (χ4n) is 0.854. The molecule has 0 amide bonds. The van der Waals surface area contributed by atoms with Gasteiger partial charge in [-0.2, -0.15) is 0 Å². The van der Waals surface area contributed by atoms with Crippen LogP contribution in [0.2, 0.25) is 0 Å². The van der Waals surface area contributed by atoms with Crippen LogP contribution in [0.4, 0.5) is 0 Å². The van der Waals surface area contributed by atoms with Gasteiger partial charge in [0.25, 0.3) is 5.06 Å². The van der Waals surface area contributed by atoms with Crippen LogP contribution in [0.1, 0.15) is 5.56 Å². The van der Waals surface area contributed by atoms with E-state index in [-0.39, 0.29) is 5.56 Å². The normalized spacial score (nSPS) is 14.9. The van der Waals surface area contributed by atoms with Crippen molar-refractivity contribution in [1.29, 1.82) is 0 Å². The molecule has 1 N–H and O–H groups in total. The van der Waals surface area contributed by atoms with Crippen LogP contribution in [0.5, 0.6) is 0 Å². The van der Waals surface area contributed by atoms with Gasteiger partial charge in [0.2, 0.25) is 0 Å². The van der Waals surface area contributed by atoms with E-state index in [1.54, 1.807) is 18.2 Å². The molecule has 1 aromatic carbocycles. The Morgan fingerprint density at radius 1 is 1.38 bits per heavy atom. The summed E-state index contributed by atoms with van der Waals surface area (Å²) in [5.41, 5.74) is 0.277. The van der Waals surface area contributed by atoms with Crippen LogP contribution in [-0.4, -0.2) is 11.1 Å². The summed E-state index contributed by atoms with van der Waals surface area (Å²) in [5, 5.41) is 6.73. The summed E-state index contributed by atoms with van der Waals surface area (Å²) in [6.07, 6.45) is 0. The quantitative estimate of drug-likeness (QED) is 0.796. The number of carbonyl (C=O) groups is 1. The molecule has 1 rings (SSSR count). The molecule has 1 unspecified atom stereocenters. The van der Waals surface area contributed by atoms with Crippen molar-refractivity contribution in [3.63, 3.8) is 0 Å². The minimum absolute atomic E-state index is 0.277. The molecule has 0 spiro atoms. The van der Waals surface area contributed by atoms with Crippen molar-refractivity contribution in [1.82, 2.24) is 0 Å². The van der Waals surface area contributed by atoms with Gasteiger partial charge in [0, 0.05) is 5.56 Å². The largest absolute Gasteiger partial charge is 0.478 e. The number of alkyl halides is 1. The summed E-state index contributed by atoms with van der Waals surface area (Å²) < 4.78 is 4.22. The third-order valence-electron chi connectivity index (χ3n) is 1.53. The lowest BCUT2D eigenvalue weighted by atomic mass is 10.1. The number of rotatable bonds is 3. The van der Waals surface area contributed by atoms with Gasteiger partial charge >= 0.3 is 5.97 Å². The van der Waals surface area contributed by atoms with Crippen LogP contribution in [0.25, 0.3) is 0 Å². The average Bonchev–Trinajstić information content (AvgIpc) is 2.17. The maximum absolute atomic E-state index is 10.7. The molecule has 0 saturated carbocycles. The molecule has 13 heavy (non-hydrogen) atoms. The molecule has 0 saturated heterocycles. The highest BCUT2D eigenvalue weighted by Gasteiger charge is 2.39. The third kappa shape index (κ3) is 1.94. The van der Waals surface area contributed by atoms with Gasteiger partial charge in [-0.1, -0.05) is 41.9 Å². The second-order valence-corrected chi connectivity index (χ2v) is 3.03. The van der Waals surface area contributed by atoms with Crippen LogP contribution >= 0.6 is 23.5 Å². The van der Waals surface area contributed by atoms with Crippen molar-refractivity contribution >= 4 is 29.4 Å². The predicted octanol–water partition coefficient (Wildman–Crippen LogP) is 2.33. The van der Waals surface area contributed by atoms with Crippen LogP contribution in [0, 0.1) is 0 Å². The summed E-state index contributed by atoms with van der Waals surface area (Å²) in [5.74, 6) is -1.35. The van der Waals surface area contributed by atoms with Crippen molar-refractivity contribution in [3.8, 4) is 0 Å². The molecule has 0 bridgehead atoms. The van der Waals surface area contributed by atoms with Gasteiger partial charge in [0.1, 0.15) is 0 Å². The van der Waals surface area contributed by atoms with Crippen LogP contribution in [-0.2, 0) is 14.1 Å². The SMILES string of the molecule is O=C(O)C(Cl)(OCl)c1ccccc1. The minimum Gasteiger partial charge on any atom is -0.478 e. The van der Waals surface area contributed by atoms with E-state index in [4.69, 9.17) is 28.6 Å². The molecule has 5 heteroatoms. The number of hydrogen-bond acceptors (Lipinski definition) is 2. The van der Waals surface area contributed by atoms with E-state index in [1.165, 1.54) is 12.1 Å². The number of aliphatic carboxylic acids is 1. The summed E-state index contributed by atoms with van der Waals surface area (Å²) in [4.78, 5) is 10.7. The summed E-state index contributed by atoms with van der Waals surface area (Å²) in [6.45, 7) is 0. The van der Waals surface area contributed by atoms with Gasteiger partial charge in [-0.15, -0.1) is 0 Å². The molecule has 1 aromatic rings.